The first-order chi connectivity index (χ1) is 8.25. The van der Waals surface area contributed by atoms with Crippen molar-refractivity contribution in [1.29, 1.82) is 0 Å². The second kappa shape index (κ2) is 4.23. The summed E-state index contributed by atoms with van der Waals surface area (Å²) in [5.74, 6) is 0.962. The summed E-state index contributed by atoms with van der Waals surface area (Å²) in [7, 11) is 0. The molecular weight excluding hydrogens is 234 g/mol. The maximum absolute atomic E-state index is 5.49. The summed E-state index contributed by atoms with van der Waals surface area (Å²) in [6, 6.07) is 0.378. The molecule has 0 aliphatic carbocycles. The predicted octanol–water partition coefficient (Wildman–Crippen LogP) is 2.58. The molecule has 2 aromatic heterocycles. The first kappa shape index (κ1) is 10.9. The molecule has 0 atom stereocenters. The molecule has 4 nitrogen and oxygen atoms in total. The zero-order valence-electron chi connectivity index (χ0n) is 9.99. The molecule has 1 aliphatic rings. The Balaban J connectivity index is 2.18. The second-order valence-electron chi connectivity index (χ2n) is 4.51. The van der Waals surface area contributed by atoms with Gasteiger partial charge < -0.3 is 10.1 Å². The second-order valence-corrected chi connectivity index (χ2v) is 5.59. The van der Waals surface area contributed by atoms with E-state index in [2.05, 4.69) is 29.1 Å². The van der Waals surface area contributed by atoms with Gasteiger partial charge in [-0.05, 0) is 25.8 Å². The summed E-state index contributed by atoms with van der Waals surface area (Å²) in [4.78, 5) is 11.1. The number of fused-ring (bicyclic) bond motifs is 3. The number of anilines is 1. The van der Waals surface area contributed by atoms with Crippen LogP contribution in [0.1, 0.15) is 24.3 Å². The predicted molar refractivity (Wildman–Crippen MR) is 69.5 cm³/mol. The lowest BCUT2D eigenvalue weighted by Crippen LogP contribution is -2.12. The average molecular weight is 249 g/mol. The molecule has 0 aromatic carbocycles. The van der Waals surface area contributed by atoms with Crippen LogP contribution in [0.5, 0.6) is 0 Å². The number of ether oxygens (including phenoxy) is 1. The van der Waals surface area contributed by atoms with E-state index >= 15 is 0 Å². The molecule has 0 fully saturated rings. The normalized spacial score (nSPS) is 15.2. The zero-order valence-corrected chi connectivity index (χ0v) is 10.8. The highest BCUT2D eigenvalue weighted by Crippen LogP contribution is 2.36. The molecular formula is C12H15N3OS. The standard InChI is InChI=1S/C12H15N3OS/c1-7(2)15-11-10-8-3-4-16-5-9(8)17-12(10)14-6-13-11/h6-7H,3-5H2,1-2H3,(H,13,14,15). The van der Waals surface area contributed by atoms with Crippen molar-refractivity contribution in [1.82, 2.24) is 9.97 Å². The van der Waals surface area contributed by atoms with Gasteiger partial charge in [-0.2, -0.15) is 0 Å². The van der Waals surface area contributed by atoms with E-state index in [-0.39, 0.29) is 0 Å². The minimum Gasteiger partial charge on any atom is -0.376 e. The number of aromatic nitrogens is 2. The molecule has 3 heterocycles. The van der Waals surface area contributed by atoms with E-state index in [4.69, 9.17) is 4.74 Å². The van der Waals surface area contributed by atoms with Crippen LogP contribution in [0.4, 0.5) is 5.82 Å². The number of nitrogens with one attached hydrogen (secondary N) is 1. The molecule has 2 aromatic rings. The third kappa shape index (κ3) is 1.89. The Morgan fingerprint density at radius 3 is 3.12 bits per heavy atom. The molecule has 0 spiro atoms. The molecule has 1 aliphatic heterocycles. The maximum Gasteiger partial charge on any atom is 0.138 e. The molecule has 0 saturated carbocycles. The fraction of sp³-hybridized carbons (Fsp3) is 0.500. The number of hydrogen-bond donors (Lipinski definition) is 1. The van der Waals surface area contributed by atoms with Crippen molar-refractivity contribution >= 4 is 27.4 Å². The van der Waals surface area contributed by atoms with Crippen molar-refractivity contribution in [2.45, 2.75) is 32.9 Å². The lowest BCUT2D eigenvalue weighted by atomic mass is 10.1. The molecule has 0 bridgehead atoms. The van der Waals surface area contributed by atoms with Crippen molar-refractivity contribution < 1.29 is 4.74 Å². The van der Waals surface area contributed by atoms with Gasteiger partial charge in [-0.25, -0.2) is 9.97 Å². The van der Waals surface area contributed by atoms with Gasteiger partial charge in [0, 0.05) is 10.9 Å². The zero-order chi connectivity index (χ0) is 11.8. The molecule has 5 heteroatoms. The lowest BCUT2D eigenvalue weighted by Gasteiger charge is -2.14. The fourth-order valence-electron chi connectivity index (χ4n) is 2.14. The van der Waals surface area contributed by atoms with Crippen molar-refractivity contribution in [3.63, 3.8) is 0 Å². The third-order valence-corrected chi connectivity index (χ3v) is 3.94. The van der Waals surface area contributed by atoms with Gasteiger partial charge in [0.25, 0.3) is 0 Å². The minimum atomic E-state index is 0.378. The van der Waals surface area contributed by atoms with Crippen LogP contribution in [-0.2, 0) is 17.8 Å². The Hall–Kier alpha value is -1.20. The van der Waals surface area contributed by atoms with Crippen LogP contribution in [-0.4, -0.2) is 22.6 Å². The van der Waals surface area contributed by atoms with E-state index in [0.717, 1.165) is 30.3 Å². The van der Waals surface area contributed by atoms with Crippen molar-refractivity contribution in [3.05, 3.63) is 16.8 Å². The molecule has 0 saturated heterocycles. The van der Waals surface area contributed by atoms with Gasteiger partial charge in [-0.3, -0.25) is 0 Å². The van der Waals surface area contributed by atoms with Gasteiger partial charge in [0.1, 0.15) is 17.0 Å². The fourth-order valence-corrected chi connectivity index (χ4v) is 3.26. The van der Waals surface area contributed by atoms with Crippen molar-refractivity contribution in [2.24, 2.45) is 0 Å². The van der Waals surface area contributed by atoms with Gasteiger partial charge in [0.15, 0.2) is 0 Å². The van der Waals surface area contributed by atoms with Crippen molar-refractivity contribution in [2.75, 3.05) is 11.9 Å². The summed E-state index contributed by atoms with van der Waals surface area (Å²) in [5, 5.41) is 4.60. The monoisotopic (exact) mass is 249 g/mol. The van der Waals surface area contributed by atoms with E-state index in [1.165, 1.54) is 15.8 Å². The number of hydrogen-bond acceptors (Lipinski definition) is 5. The lowest BCUT2D eigenvalue weighted by molar-refractivity contribution is 0.114. The van der Waals surface area contributed by atoms with Crippen LogP contribution in [0.2, 0.25) is 0 Å². The molecule has 3 rings (SSSR count). The Kier molecular flexibility index (Phi) is 2.72. The van der Waals surface area contributed by atoms with Crippen LogP contribution >= 0.6 is 11.3 Å². The van der Waals surface area contributed by atoms with E-state index in [1.807, 2.05) is 0 Å². The van der Waals surface area contributed by atoms with E-state index in [1.54, 1.807) is 17.7 Å². The highest BCUT2D eigenvalue weighted by atomic mass is 32.1. The van der Waals surface area contributed by atoms with Gasteiger partial charge in [0.2, 0.25) is 0 Å². The van der Waals surface area contributed by atoms with Gasteiger partial charge in [-0.15, -0.1) is 11.3 Å². The number of nitrogens with zero attached hydrogens (tertiary/aromatic N) is 2. The van der Waals surface area contributed by atoms with E-state index < -0.39 is 0 Å². The van der Waals surface area contributed by atoms with E-state index in [0.29, 0.717) is 6.04 Å². The van der Waals surface area contributed by atoms with Gasteiger partial charge in [-0.1, -0.05) is 0 Å². The molecule has 0 unspecified atom stereocenters. The van der Waals surface area contributed by atoms with Crippen LogP contribution in [0.3, 0.4) is 0 Å². The number of thiophene rings is 1. The molecule has 0 amide bonds. The number of rotatable bonds is 2. The summed E-state index contributed by atoms with van der Waals surface area (Å²) in [5.41, 5.74) is 1.38. The smallest absolute Gasteiger partial charge is 0.138 e. The van der Waals surface area contributed by atoms with Crippen molar-refractivity contribution in [3.8, 4) is 0 Å². The van der Waals surface area contributed by atoms with E-state index in [9.17, 15) is 0 Å². The Bertz CT molecular complexity index is 550. The topological polar surface area (TPSA) is 47.0 Å². The third-order valence-electron chi connectivity index (χ3n) is 2.83. The first-order valence-electron chi connectivity index (χ1n) is 5.85. The molecule has 90 valence electrons. The molecule has 1 N–H and O–H groups in total. The summed E-state index contributed by atoms with van der Waals surface area (Å²) >= 11 is 1.72. The van der Waals surface area contributed by atoms with Gasteiger partial charge >= 0.3 is 0 Å². The van der Waals surface area contributed by atoms with Crippen LogP contribution in [0.15, 0.2) is 6.33 Å². The molecule has 17 heavy (non-hydrogen) atoms. The molecule has 0 radical (unpaired) electrons. The quantitative estimate of drug-likeness (QED) is 0.888. The van der Waals surface area contributed by atoms with Crippen LogP contribution < -0.4 is 5.32 Å². The Morgan fingerprint density at radius 2 is 2.29 bits per heavy atom. The summed E-state index contributed by atoms with van der Waals surface area (Å²) in [6.45, 7) is 5.76. The summed E-state index contributed by atoms with van der Waals surface area (Å²) in [6.07, 6.45) is 2.60. The maximum atomic E-state index is 5.49. The Labute approximate surface area is 104 Å². The SMILES string of the molecule is CC(C)Nc1ncnc2sc3c(c12)CCOC3. The largest absolute Gasteiger partial charge is 0.376 e. The van der Waals surface area contributed by atoms with Crippen LogP contribution in [0, 0.1) is 0 Å². The average Bonchev–Trinajstić information content (AvgIpc) is 2.67. The summed E-state index contributed by atoms with van der Waals surface area (Å²) < 4.78 is 5.49. The highest BCUT2D eigenvalue weighted by molar-refractivity contribution is 7.18. The highest BCUT2D eigenvalue weighted by Gasteiger charge is 2.20. The van der Waals surface area contributed by atoms with Gasteiger partial charge in [0.05, 0.1) is 18.6 Å². The minimum absolute atomic E-state index is 0.378. The Morgan fingerprint density at radius 1 is 1.41 bits per heavy atom. The van der Waals surface area contributed by atoms with Crippen LogP contribution in [0.25, 0.3) is 10.2 Å². The first-order valence-corrected chi connectivity index (χ1v) is 6.67.